The molecule has 0 aromatic carbocycles. The van der Waals surface area contributed by atoms with E-state index >= 15 is 0 Å². The fourth-order valence-corrected chi connectivity index (χ4v) is 0.250. The van der Waals surface area contributed by atoms with Crippen LogP contribution in [0, 0.1) is 5.92 Å². The van der Waals surface area contributed by atoms with Crippen molar-refractivity contribution < 1.29 is 9.90 Å². The van der Waals surface area contributed by atoms with Crippen LogP contribution < -0.4 is 5.73 Å². The second-order valence-electron chi connectivity index (χ2n) is 3.15. The molecule has 0 radical (unpaired) electrons. The van der Waals surface area contributed by atoms with Gasteiger partial charge in [-0.15, -0.1) is 0 Å². The molecule has 3 nitrogen and oxygen atoms in total. The summed E-state index contributed by atoms with van der Waals surface area (Å²) in [6, 6.07) is 0. The molecule has 0 aromatic rings. The van der Waals surface area contributed by atoms with E-state index in [1.807, 2.05) is 0 Å². The highest BCUT2D eigenvalue weighted by Gasteiger charge is 1.95. The van der Waals surface area contributed by atoms with Gasteiger partial charge in [-0.05, 0) is 12.5 Å². The quantitative estimate of drug-likeness (QED) is 0.598. The first-order valence-corrected chi connectivity index (χ1v) is 4.47. The highest BCUT2D eigenvalue weighted by atomic mass is 16.3. The highest BCUT2D eigenvalue weighted by Crippen LogP contribution is 2.15. The molecular formula is C9H21NO2. The van der Waals surface area contributed by atoms with Crippen molar-refractivity contribution in [3.63, 3.8) is 0 Å². The summed E-state index contributed by atoms with van der Waals surface area (Å²) in [6.07, 6.45) is 6.00. The standard InChI is InChI=1S/C4H11N.C4H8.CH2O2/c1-4(2)3-5;1-2-4-3-1;2-1-3/h4H,3,5H2,1-2H3;1-4H2;1H,(H,2,3). The Morgan fingerprint density at radius 3 is 1.50 bits per heavy atom. The summed E-state index contributed by atoms with van der Waals surface area (Å²) >= 11 is 0. The average molecular weight is 175 g/mol. The number of nitrogens with two attached hydrogens (primary N) is 1. The first kappa shape index (κ1) is 14.0. The maximum Gasteiger partial charge on any atom is 0.290 e. The Bertz CT molecular complexity index is 76.6. The highest BCUT2D eigenvalue weighted by molar-refractivity contribution is 5.32. The summed E-state index contributed by atoms with van der Waals surface area (Å²) in [5.74, 6) is 0.662. The van der Waals surface area contributed by atoms with E-state index in [1.54, 1.807) is 0 Å². The lowest BCUT2D eigenvalue weighted by atomic mass is 10.0. The van der Waals surface area contributed by atoms with Gasteiger partial charge in [0.25, 0.3) is 6.47 Å². The Morgan fingerprint density at radius 2 is 1.50 bits per heavy atom. The predicted octanol–water partition coefficient (Wildman–Crippen LogP) is 1.86. The molecule has 74 valence electrons. The first-order valence-electron chi connectivity index (χ1n) is 4.47. The zero-order valence-electron chi connectivity index (χ0n) is 8.12. The smallest absolute Gasteiger partial charge is 0.290 e. The molecule has 0 atom stereocenters. The van der Waals surface area contributed by atoms with Crippen LogP contribution in [0.15, 0.2) is 0 Å². The van der Waals surface area contributed by atoms with Crippen LogP contribution in [0.5, 0.6) is 0 Å². The van der Waals surface area contributed by atoms with Gasteiger partial charge in [-0.25, -0.2) is 0 Å². The van der Waals surface area contributed by atoms with Gasteiger partial charge in [0.15, 0.2) is 0 Å². The van der Waals surface area contributed by atoms with Crippen LogP contribution in [0.4, 0.5) is 0 Å². The van der Waals surface area contributed by atoms with Crippen molar-refractivity contribution in [3.05, 3.63) is 0 Å². The van der Waals surface area contributed by atoms with E-state index in [1.165, 1.54) is 25.7 Å². The van der Waals surface area contributed by atoms with E-state index in [0.29, 0.717) is 5.92 Å². The second kappa shape index (κ2) is 13.1. The number of hydrogen-bond acceptors (Lipinski definition) is 2. The van der Waals surface area contributed by atoms with Gasteiger partial charge in [0, 0.05) is 0 Å². The van der Waals surface area contributed by atoms with Crippen LogP contribution in [-0.4, -0.2) is 18.1 Å². The van der Waals surface area contributed by atoms with Crippen molar-refractivity contribution in [2.45, 2.75) is 39.5 Å². The number of carbonyl (C=O) groups is 1. The third-order valence-electron chi connectivity index (χ3n) is 1.47. The van der Waals surface area contributed by atoms with Crippen molar-refractivity contribution in [2.75, 3.05) is 6.54 Å². The maximum absolute atomic E-state index is 8.36. The van der Waals surface area contributed by atoms with E-state index in [-0.39, 0.29) is 6.47 Å². The number of hydrogen-bond donors (Lipinski definition) is 2. The van der Waals surface area contributed by atoms with E-state index in [0.717, 1.165) is 6.54 Å². The van der Waals surface area contributed by atoms with Crippen LogP contribution in [-0.2, 0) is 4.79 Å². The molecule has 0 unspecified atom stereocenters. The monoisotopic (exact) mass is 175 g/mol. The Kier molecular flexibility index (Phi) is 15.2. The lowest BCUT2D eigenvalue weighted by Crippen LogP contribution is -2.05. The molecule has 3 N–H and O–H groups in total. The van der Waals surface area contributed by atoms with Crippen LogP contribution in [0.25, 0.3) is 0 Å². The topological polar surface area (TPSA) is 63.3 Å². The molecule has 3 heteroatoms. The Hall–Kier alpha value is -0.570. The lowest BCUT2D eigenvalue weighted by Gasteiger charge is -2.05. The molecule has 1 rings (SSSR count). The van der Waals surface area contributed by atoms with Crippen LogP contribution >= 0.6 is 0 Å². The van der Waals surface area contributed by atoms with Gasteiger partial charge >= 0.3 is 0 Å². The summed E-state index contributed by atoms with van der Waals surface area (Å²) in [4.78, 5) is 8.36. The Morgan fingerprint density at radius 1 is 1.33 bits per heavy atom. The molecule has 1 aliphatic carbocycles. The van der Waals surface area contributed by atoms with Gasteiger partial charge in [-0.1, -0.05) is 39.5 Å². The van der Waals surface area contributed by atoms with Gasteiger partial charge in [0.1, 0.15) is 0 Å². The second-order valence-corrected chi connectivity index (χ2v) is 3.15. The number of carboxylic acid groups (broad SMARTS) is 1. The molecule has 0 spiro atoms. The minimum Gasteiger partial charge on any atom is -0.483 e. The van der Waals surface area contributed by atoms with Crippen molar-refractivity contribution in [1.29, 1.82) is 0 Å². The molecule has 0 saturated heterocycles. The van der Waals surface area contributed by atoms with Gasteiger partial charge in [0.2, 0.25) is 0 Å². The first-order chi connectivity index (χ1) is 5.68. The number of rotatable bonds is 1. The fourth-order valence-electron chi connectivity index (χ4n) is 0.250. The van der Waals surface area contributed by atoms with Crippen molar-refractivity contribution >= 4 is 6.47 Å². The summed E-state index contributed by atoms with van der Waals surface area (Å²) in [7, 11) is 0. The molecule has 0 aromatic heterocycles. The van der Waals surface area contributed by atoms with Crippen LogP contribution in [0.1, 0.15) is 39.5 Å². The lowest BCUT2D eigenvalue weighted by molar-refractivity contribution is -0.122. The Labute approximate surface area is 75.0 Å². The molecule has 0 heterocycles. The molecule has 0 bridgehead atoms. The SMILES string of the molecule is C1CCC1.CC(C)CN.O=CO. The molecule has 1 fully saturated rings. The molecule has 1 aliphatic rings. The summed E-state index contributed by atoms with van der Waals surface area (Å²) in [5.41, 5.74) is 5.17. The zero-order valence-corrected chi connectivity index (χ0v) is 8.12. The molecular weight excluding hydrogens is 154 g/mol. The molecule has 0 amide bonds. The van der Waals surface area contributed by atoms with Crippen molar-refractivity contribution in [1.82, 2.24) is 0 Å². The normalized spacial score (nSPS) is 13.0. The van der Waals surface area contributed by atoms with Gasteiger partial charge in [0.05, 0.1) is 0 Å². The molecule has 1 saturated carbocycles. The van der Waals surface area contributed by atoms with E-state index < -0.39 is 0 Å². The minimum absolute atomic E-state index is 0.250. The Balaban J connectivity index is 0. The molecule has 12 heavy (non-hydrogen) atoms. The predicted molar refractivity (Wildman–Crippen MR) is 51.1 cm³/mol. The summed E-state index contributed by atoms with van der Waals surface area (Å²) in [5, 5.41) is 6.89. The average Bonchev–Trinajstić information content (AvgIpc) is 1.85. The van der Waals surface area contributed by atoms with Crippen molar-refractivity contribution in [3.8, 4) is 0 Å². The summed E-state index contributed by atoms with van der Waals surface area (Å²) < 4.78 is 0. The van der Waals surface area contributed by atoms with E-state index in [2.05, 4.69) is 13.8 Å². The van der Waals surface area contributed by atoms with E-state index in [4.69, 9.17) is 15.6 Å². The third kappa shape index (κ3) is 22.7. The van der Waals surface area contributed by atoms with Crippen LogP contribution in [0.2, 0.25) is 0 Å². The zero-order chi connectivity index (χ0) is 9.82. The molecule has 0 aliphatic heterocycles. The van der Waals surface area contributed by atoms with Gasteiger partial charge < -0.3 is 10.8 Å². The van der Waals surface area contributed by atoms with Gasteiger partial charge in [-0.2, -0.15) is 0 Å². The maximum atomic E-state index is 8.36. The van der Waals surface area contributed by atoms with Crippen LogP contribution in [0.3, 0.4) is 0 Å². The van der Waals surface area contributed by atoms with Gasteiger partial charge in [-0.3, -0.25) is 4.79 Å². The van der Waals surface area contributed by atoms with E-state index in [9.17, 15) is 0 Å². The largest absolute Gasteiger partial charge is 0.483 e. The van der Waals surface area contributed by atoms with Crippen molar-refractivity contribution in [2.24, 2.45) is 11.7 Å². The fraction of sp³-hybridized carbons (Fsp3) is 0.889. The third-order valence-corrected chi connectivity index (χ3v) is 1.47. The summed E-state index contributed by atoms with van der Waals surface area (Å²) in [6.45, 7) is 4.75. The minimum atomic E-state index is -0.250.